The van der Waals surface area contributed by atoms with Gasteiger partial charge in [-0.05, 0) is 56.6 Å². The molecule has 1 saturated heterocycles. The van der Waals surface area contributed by atoms with Gasteiger partial charge in [-0.25, -0.2) is 0 Å². The van der Waals surface area contributed by atoms with Crippen LogP contribution in [0, 0.1) is 5.92 Å². The minimum atomic E-state index is 0.545. The van der Waals surface area contributed by atoms with E-state index in [0.717, 1.165) is 0 Å². The zero-order valence-corrected chi connectivity index (χ0v) is 15.5. The first kappa shape index (κ1) is 18.1. The predicted octanol–water partition coefficient (Wildman–Crippen LogP) is 5.63. The third-order valence-electron chi connectivity index (χ3n) is 4.91. The van der Waals surface area contributed by atoms with Crippen LogP contribution < -0.4 is 0 Å². The van der Waals surface area contributed by atoms with Crippen molar-refractivity contribution in [1.29, 1.82) is 0 Å². The quantitative estimate of drug-likeness (QED) is 0.702. The number of hydrogen-bond donors (Lipinski definition) is 0. The number of nitrogens with zero attached hydrogens (tertiary/aromatic N) is 2. The van der Waals surface area contributed by atoms with Gasteiger partial charge in [0.2, 0.25) is 0 Å². The van der Waals surface area contributed by atoms with Gasteiger partial charge in [-0.15, -0.1) is 0 Å². The van der Waals surface area contributed by atoms with E-state index in [9.17, 15) is 0 Å². The highest BCUT2D eigenvalue weighted by Gasteiger charge is 2.20. The van der Waals surface area contributed by atoms with E-state index < -0.39 is 0 Å². The van der Waals surface area contributed by atoms with E-state index in [1.165, 1.54) is 56.5 Å². The SMILES string of the molecule is CC1C=Cc2ccn(C3CCN(C)CC3)c2C=C1.CCCCC. The molecular formula is C21H34N2. The van der Waals surface area contributed by atoms with Gasteiger partial charge in [0.15, 0.2) is 0 Å². The second-order valence-electron chi connectivity index (χ2n) is 7.03. The van der Waals surface area contributed by atoms with E-state index in [2.05, 4.69) is 73.9 Å². The van der Waals surface area contributed by atoms with Gasteiger partial charge in [0.05, 0.1) is 0 Å². The summed E-state index contributed by atoms with van der Waals surface area (Å²) >= 11 is 0. The molecule has 1 unspecified atom stereocenters. The first-order valence-corrected chi connectivity index (χ1v) is 9.41. The number of likely N-dealkylation sites (tertiary alicyclic amines) is 1. The van der Waals surface area contributed by atoms with Crippen molar-refractivity contribution in [3.05, 3.63) is 35.7 Å². The molecule has 0 bridgehead atoms. The normalized spacial score (nSPS) is 21.5. The van der Waals surface area contributed by atoms with Gasteiger partial charge in [-0.1, -0.05) is 58.3 Å². The molecule has 0 saturated carbocycles. The minimum Gasteiger partial charge on any atom is -0.344 e. The summed E-state index contributed by atoms with van der Waals surface area (Å²) in [5.74, 6) is 0.545. The Balaban J connectivity index is 0.000000338. The topological polar surface area (TPSA) is 8.17 Å². The second-order valence-corrected chi connectivity index (χ2v) is 7.03. The van der Waals surface area contributed by atoms with Crippen LogP contribution >= 0.6 is 0 Å². The van der Waals surface area contributed by atoms with E-state index in [4.69, 9.17) is 0 Å². The van der Waals surface area contributed by atoms with Crippen LogP contribution in [0.3, 0.4) is 0 Å². The highest BCUT2D eigenvalue weighted by molar-refractivity contribution is 5.66. The molecule has 2 aliphatic rings. The van der Waals surface area contributed by atoms with Gasteiger partial charge in [0.1, 0.15) is 0 Å². The summed E-state index contributed by atoms with van der Waals surface area (Å²) in [6, 6.07) is 2.93. The smallest absolute Gasteiger partial charge is 0.0479 e. The molecule has 0 spiro atoms. The molecule has 1 fully saturated rings. The maximum Gasteiger partial charge on any atom is 0.0479 e. The number of fused-ring (bicyclic) bond motifs is 1. The van der Waals surface area contributed by atoms with Crippen molar-refractivity contribution in [2.45, 2.75) is 58.9 Å². The van der Waals surface area contributed by atoms with Crippen LogP contribution in [0.2, 0.25) is 0 Å². The maximum absolute atomic E-state index is 2.49. The van der Waals surface area contributed by atoms with E-state index >= 15 is 0 Å². The molecule has 1 aliphatic carbocycles. The maximum atomic E-state index is 2.49. The summed E-state index contributed by atoms with van der Waals surface area (Å²) in [6.07, 6.45) is 18.0. The molecule has 2 heteroatoms. The van der Waals surface area contributed by atoms with E-state index in [1.807, 2.05) is 0 Å². The van der Waals surface area contributed by atoms with Crippen LogP contribution in [-0.4, -0.2) is 29.6 Å². The molecule has 0 N–H and O–H groups in total. The highest BCUT2D eigenvalue weighted by Crippen LogP contribution is 2.29. The number of rotatable bonds is 3. The van der Waals surface area contributed by atoms with Gasteiger partial charge >= 0.3 is 0 Å². The lowest BCUT2D eigenvalue weighted by Gasteiger charge is -2.31. The zero-order chi connectivity index (χ0) is 16.7. The van der Waals surface area contributed by atoms with Gasteiger partial charge in [0, 0.05) is 17.9 Å². The Hall–Kier alpha value is -1.28. The molecule has 2 heterocycles. The van der Waals surface area contributed by atoms with Crippen LogP contribution in [-0.2, 0) is 0 Å². The van der Waals surface area contributed by atoms with Crippen LogP contribution in [0.15, 0.2) is 24.4 Å². The molecule has 0 amide bonds. The Bertz CT molecular complexity index is 514. The Labute approximate surface area is 142 Å². The number of hydrogen-bond acceptors (Lipinski definition) is 1. The molecule has 1 aliphatic heterocycles. The molecule has 1 aromatic rings. The summed E-state index contributed by atoms with van der Waals surface area (Å²) in [6.45, 7) is 9.09. The second kappa shape index (κ2) is 9.12. The summed E-state index contributed by atoms with van der Waals surface area (Å²) in [7, 11) is 2.22. The van der Waals surface area contributed by atoms with Crippen LogP contribution in [0.5, 0.6) is 0 Å². The predicted molar refractivity (Wildman–Crippen MR) is 103 cm³/mol. The Morgan fingerprint density at radius 2 is 1.70 bits per heavy atom. The molecule has 2 nitrogen and oxygen atoms in total. The van der Waals surface area contributed by atoms with Gasteiger partial charge < -0.3 is 9.47 Å². The average molecular weight is 315 g/mol. The molecule has 1 atom stereocenters. The lowest BCUT2D eigenvalue weighted by molar-refractivity contribution is 0.221. The van der Waals surface area contributed by atoms with Gasteiger partial charge in [-0.3, -0.25) is 0 Å². The number of aromatic nitrogens is 1. The van der Waals surface area contributed by atoms with Crippen LogP contribution in [0.4, 0.5) is 0 Å². The largest absolute Gasteiger partial charge is 0.344 e. The molecule has 0 aromatic carbocycles. The standard InChI is InChI=1S/C16H22N2.C5H12/c1-13-3-5-14-7-12-18(16(14)6-4-13)15-8-10-17(2)11-9-15;1-3-5-4-2/h3-7,12-13,15H,8-11H2,1-2H3;3-5H2,1-2H3. The van der Waals surface area contributed by atoms with Crippen molar-refractivity contribution in [2.75, 3.05) is 20.1 Å². The van der Waals surface area contributed by atoms with Crippen molar-refractivity contribution in [2.24, 2.45) is 5.92 Å². The molecular weight excluding hydrogens is 280 g/mol. The number of piperidine rings is 1. The van der Waals surface area contributed by atoms with Crippen molar-refractivity contribution < 1.29 is 0 Å². The van der Waals surface area contributed by atoms with E-state index in [0.29, 0.717) is 12.0 Å². The molecule has 3 rings (SSSR count). The first-order chi connectivity index (χ1) is 11.2. The summed E-state index contributed by atoms with van der Waals surface area (Å²) in [5.41, 5.74) is 2.76. The molecule has 23 heavy (non-hydrogen) atoms. The fourth-order valence-electron chi connectivity index (χ4n) is 3.31. The van der Waals surface area contributed by atoms with Crippen molar-refractivity contribution in [3.63, 3.8) is 0 Å². The highest BCUT2D eigenvalue weighted by atomic mass is 15.1. The zero-order valence-electron chi connectivity index (χ0n) is 15.5. The molecule has 128 valence electrons. The van der Waals surface area contributed by atoms with E-state index in [-0.39, 0.29) is 0 Å². The average Bonchev–Trinajstić information content (AvgIpc) is 2.87. The first-order valence-electron chi connectivity index (χ1n) is 9.41. The summed E-state index contributed by atoms with van der Waals surface area (Å²) in [4.78, 5) is 2.43. The molecule has 1 aromatic heterocycles. The Morgan fingerprint density at radius 3 is 2.30 bits per heavy atom. The fourth-order valence-corrected chi connectivity index (χ4v) is 3.31. The fraction of sp³-hybridized carbons (Fsp3) is 0.619. The minimum absolute atomic E-state index is 0.545. The lowest BCUT2D eigenvalue weighted by Crippen LogP contribution is -2.31. The third-order valence-corrected chi connectivity index (χ3v) is 4.91. The Morgan fingerprint density at radius 1 is 1.04 bits per heavy atom. The monoisotopic (exact) mass is 314 g/mol. The molecule has 0 radical (unpaired) electrons. The van der Waals surface area contributed by atoms with E-state index in [1.54, 1.807) is 0 Å². The van der Waals surface area contributed by atoms with Gasteiger partial charge in [0.25, 0.3) is 0 Å². The Kier molecular flexibility index (Phi) is 7.16. The third kappa shape index (κ3) is 5.10. The van der Waals surface area contributed by atoms with Crippen molar-refractivity contribution >= 4 is 12.2 Å². The van der Waals surface area contributed by atoms with Crippen molar-refractivity contribution in [3.8, 4) is 0 Å². The van der Waals surface area contributed by atoms with Crippen LogP contribution in [0.25, 0.3) is 12.2 Å². The lowest BCUT2D eigenvalue weighted by atomic mass is 10.0. The van der Waals surface area contributed by atoms with Crippen molar-refractivity contribution in [1.82, 2.24) is 9.47 Å². The summed E-state index contributed by atoms with van der Waals surface area (Å²) < 4.78 is 2.49. The number of unbranched alkanes of at least 4 members (excludes halogenated alkanes) is 2. The number of allylic oxidation sites excluding steroid dienone is 2. The van der Waals surface area contributed by atoms with Crippen LogP contribution in [0.1, 0.15) is 70.2 Å². The summed E-state index contributed by atoms with van der Waals surface area (Å²) in [5, 5.41) is 0. The van der Waals surface area contributed by atoms with Gasteiger partial charge in [-0.2, -0.15) is 0 Å².